The Morgan fingerprint density at radius 2 is 2.07 bits per heavy atom. The first-order chi connectivity index (χ1) is 7.33. The molecule has 1 heterocycles. The second-order valence-electron chi connectivity index (χ2n) is 4.20. The highest BCUT2D eigenvalue weighted by molar-refractivity contribution is 5.54. The number of hydrogen-bond acceptors (Lipinski definition) is 2. The van der Waals surface area contributed by atoms with Gasteiger partial charge in [-0.25, -0.2) is 0 Å². The van der Waals surface area contributed by atoms with Gasteiger partial charge in [-0.15, -0.1) is 0 Å². The third kappa shape index (κ3) is 2.15. The summed E-state index contributed by atoms with van der Waals surface area (Å²) < 4.78 is 5.57. The fourth-order valence-electron chi connectivity index (χ4n) is 2.31. The lowest BCUT2D eigenvalue weighted by atomic mass is 9.99. The van der Waals surface area contributed by atoms with Crippen LogP contribution in [-0.4, -0.2) is 20.7 Å². The third-order valence-corrected chi connectivity index (χ3v) is 3.19. The normalized spacial score (nSPS) is 21.7. The van der Waals surface area contributed by atoms with E-state index in [1.54, 1.807) is 0 Å². The molecule has 0 aliphatic carbocycles. The zero-order valence-corrected chi connectivity index (χ0v) is 9.57. The van der Waals surface area contributed by atoms with Gasteiger partial charge in [-0.2, -0.15) is 0 Å². The lowest BCUT2D eigenvalue weighted by Crippen LogP contribution is -2.23. The Labute approximate surface area is 91.9 Å². The van der Waals surface area contributed by atoms with Crippen LogP contribution in [0.15, 0.2) is 24.3 Å². The van der Waals surface area contributed by atoms with Crippen molar-refractivity contribution in [2.24, 2.45) is 0 Å². The quantitative estimate of drug-likeness (QED) is 0.699. The Morgan fingerprint density at radius 1 is 1.27 bits per heavy atom. The van der Waals surface area contributed by atoms with Crippen LogP contribution in [0.25, 0.3) is 0 Å². The van der Waals surface area contributed by atoms with Gasteiger partial charge in [0.25, 0.3) is 0 Å². The van der Waals surface area contributed by atoms with Gasteiger partial charge in [0.2, 0.25) is 0 Å². The van der Waals surface area contributed by atoms with Crippen LogP contribution in [0.3, 0.4) is 0 Å². The van der Waals surface area contributed by atoms with E-state index in [2.05, 4.69) is 36.2 Å². The number of nitrogens with zero attached hydrogens (tertiary/aromatic N) is 1. The van der Waals surface area contributed by atoms with Crippen molar-refractivity contribution in [1.82, 2.24) is 0 Å². The van der Waals surface area contributed by atoms with Crippen LogP contribution >= 0.6 is 0 Å². The van der Waals surface area contributed by atoms with Gasteiger partial charge < -0.3 is 9.64 Å². The second-order valence-corrected chi connectivity index (χ2v) is 4.20. The molecule has 1 atom stereocenters. The molecule has 1 aromatic carbocycles. The molecule has 2 heteroatoms. The highest BCUT2D eigenvalue weighted by atomic mass is 16.5. The molecule has 82 valence electrons. The SMILES string of the molecule is COC1CCCCN(C)c2ccccc21. The van der Waals surface area contributed by atoms with E-state index in [9.17, 15) is 0 Å². The van der Waals surface area contributed by atoms with Crippen LogP contribution in [-0.2, 0) is 4.74 Å². The second kappa shape index (κ2) is 4.67. The monoisotopic (exact) mass is 205 g/mol. The Bertz CT molecular complexity index is 324. The summed E-state index contributed by atoms with van der Waals surface area (Å²) in [4.78, 5) is 2.33. The molecule has 0 aromatic heterocycles. The lowest BCUT2D eigenvalue weighted by Gasteiger charge is -2.28. The molecule has 0 amide bonds. The molecular weight excluding hydrogens is 186 g/mol. The fourth-order valence-corrected chi connectivity index (χ4v) is 2.31. The van der Waals surface area contributed by atoms with Crippen molar-refractivity contribution in [2.45, 2.75) is 25.4 Å². The maximum atomic E-state index is 5.57. The summed E-state index contributed by atoms with van der Waals surface area (Å²) in [5, 5.41) is 0. The van der Waals surface area contributed by atoms with E-state index in [4.69, 9.17) is 4.74 Å². The average Bonchev–Trinajstić information content (AvgIpc) is 2.27. The lowest BCUT2D eigenvalue weighted by molar-refractivity contribution is 0.0927. The summed E-state index contributed by atoms with van der Waals surface area (Å²) in [6, 6.07) is 8.57. The highest BCUT2D eigenvalue weighted by Gasteiger charge is 2.18. The van der Waals surface area contributed by atoms with Crippen molar-refractivity contribution in [1.29, 1.82) is 0 Å². The van der Waals surface area contributed by atoms with Crippen molar-refractivity contribution in [3.8, 4) is 0 Å². The van der Waals surface area contributed by atoms with E-state index in [-0.39, 0.29) is 6.10 Å². The van der Waals surface area contributed by atoms with Crippen molar-refractivity contribution < 1.29 is 4.74 Å². The Morgan fingerprint density at radius 3 is 2.87 bits per heavy atom. The van der Waals surface area contributed by atoms with Gasteiger partial charge in [0, 0.05) is 32.0 Å². The molecule has 0 saturated heterocycles. The summed E-state index contributed by atoms with van der Waals surface area (Å²) >= 11 is 0. The predicted molar refractivity (Wildman–Crippen MR) is 63.3 cm³/mol. The van der Waals surface area contributed by atoms with Crippen LogP contribution in [0.2, 0.25) is 0 Å². The number of methoxy groups -OCH3 is 1. The van der Waals surface area contributed by atoms with Crippen molar-refractivity contribution in [2.75, 3.05) is 25.6 Å². The number of hydrogen-bond donors (Lipinski definition) is 0. The standard InChI is InChI=1S/C13H19NO/c1-14-10-6-5-9-13(15-2)11-7-3-4-8-12(11)14/h3-4,7-8,13H,5-6,9-10H2,1-2H3. The van der Waals surface area contributed by atoms with E-state index >= 15 is 0 Å². The molecule has 0 N–H and O–H groups in total. The van der Waals surface area contributed by atoms with Crippen molar-refractivity contribution in [3.05, 3.63) is 29.8 Å². The largest absolute Gasteiger partial charge is 0.377 e. The van der Waals surface area contributed by atoms with Gasteiger partial charge >= 0.3 is 0 Å². The molecular formula is C13H19NO. The van der Waals surface area contributed by atoms with Gasteiger partial charge in [-0.1, -0.05) is 18.2 Å². The first kappa shape index (κ1) is 10.5. The molecule has 1 aliphatic heterocycles. The topological polar surface area (TPSA) is 12.5 Å². The summed E-state index contributed by atoms with van der Waals surface area (Å²) in [6.45, 7) is 1.15. The maximum Gasteiger partial charge on any atom is 0.0841 e. The number of benzene rings is 1. The van der Waals surface area contributed by atoms with Gasteiger partial charge in [0.1, 0.15) is 0 Å². The van der Waals surface area contributed by atoms with Crippen LogP contribution < -0.4 is 4.90 Å². The summed E-state index contributed by atoms with van der Waals surface area (Å²) in [6.07, 6.45) is 3.91. The first-order valence-electron chi connectivity index (χ1n) is 5.66. The first-order valence-corrected chi connectivity index (χ1v) is 5.66. The number of anilines is 1. The Balaban J connectivity index is 2.38. The van der Waals surface area contributed by atoms with Crippen molar-refractivity contribution in [3.63, 3.8) is 0 Å². The van der Waals surface area contributed by atoms with E-state index in [0.29, 0.717) is 0 Å². The average molecular weight is 205 g/mol. The van der Waals surface area contributed by atoms with Crippen LogP contribution in [0, 0.1) is 0 Å². The zero-order chi connectivity index (χ0) is 10.7. The number of rotatable bonds is 1. The minimum atomic E-state index is 0.268. The molecule has 0 spiro atoms. The molecule has 0 radical (unpaired) electrons. The predicted octanol–water partition coefficient (Wildman–Crippen LogP) is 2.99. The molecule has 1 aromatic rings. The van der Waals surface area contributed by atoms with E-state index in [1.165, 1.54) is 24.1 Å². The summed E-state index contributed by atoms with van der Waals surface area (Å²) in [5.41, 5.74) is 2.66. The smallest absolute Gasteiger partial charge is 0.0841 e. The minimum absolute atomic E-state index is 0.268. The molecule has 0 bridgehead atoms. The van der Waals surface area contributed by atoms with Crippen LogP contribution in [0.1, 0.15) is 30.9 Å². The molecule has 0 fully saturated rings. The van der Waals surface area contributed by atoms with Crippen LogP contribution in [0.5, 0.6) is 0 Å². The van der Waals surface area contributed by atoms with Gasteiger partial charge in [-0.05, 0) is 25.3 Å². The molecule has 2 nitrogen and oxygen atoms in total. The number of ether oxygens (including phenoxy) is 1. The fraction of sp³-hybridized carbons (Fsp3) is 0.538. The Hall–Kier alpha value is -1.02. The third-order valence-electron chi connectivity index (χ3n) is 3.19. The highest BCUT2D eigenvalue weighted by Crippen LogP contribution is 2.33. The van der Waals surface area contributed by atoms with E-state index in [1.807, 2.05) is 7.11 Å². The minimum Gasteiger partial charge on any atom is -0.377 e. The molecule has 15 heavy (non-hydrogen) atoms. The molecule has 2 rings (SSSR count). The molecule has 1 unspecified atom stereocenters. The number of para-hydroxylation sites is 1. The summed E-state index contributed by atoms with van der Waals surface area (Å²) in [5.74, 6) is 0. The zero-order valence-electron chi connectivity index (χ0n) is 9.57. The van der Waals surface area contributed by atoms with Gasteiger partial charge in [0.05, 0.1) is 6.10 Å². The summed E-state index contributed by atoms with van der Waals surface area (Å²) in [7, 11) is 3.97. The molecule has 0 saturated carbocycles. The van der Waals surface area contributed by atoms with E-state index < -0.39 is 0 Å². The maximum absolute atomic E-state index is 5.57. The van der Waals surface area contributed by atoms with E-state index in [0.717, 1.165) is 13.0 Å². The van der Waals surface area contributed by atoms with Crippen LogP contribution in [0.4, 0.5) is 5.69 Å². The van der Waals surface area contributed by atoms with Crippen molar-refractivity contribution >= 4 is 5.69 Å². The number of fused-ring (bicyclic) bond motifs is 1. The van der Waals surface area contributed by atoms with Gasteiger partial charge in [0.15, 0.2) is 0 Å². The van der Waals surface area contributed by atoms with Gasteiger partial charge in [-0.3, -0.25) is 0 Å². The molecule has 1 aliphatic rings. The Kier molecular flexibility index (Phi) is 3.27.